The molecule has 0 unspecified atom stereocenters. The number of para-hydroxylation sites is 1. The van der Waals surface area contributed by atoms with Gasteiger partial charge in [0, 0.05) is 43.0 Å². The summed E-state index contributed by atoms with van der Waals surface area (Å²) in [6, 6.07) is 69.1. The van der Waals surface area contributed by atoms with Crippen LogP contribution in [0.5, 0.6) is 0 Å². The second kappa shape index (κ2) is 16.6. The van der Waals surface area contributed by atoms with Gasteiger partial charge in [-0.05, 0) is 122 Å². The summed E-state index contributed by atoms with van der Waals surface area (Å²) in [6.45, 7) is 27.7. The van der Waals surface area contributed by atoms with E-state index in [1.807, 2.05) is 11.3 Å². The second-order valence-electron chi connectivity index (χ2n) is 24.4. The molecule has 0 amide bonds. The van der Waals surface area contributed by atoms with Crippen LogP contribution < -0.4 is 14.7 Å². The number of fused-ring (bicyclic) bond motifs is 8. The smallest absolute Gasteiger partial charge is 0.148 e. The van der Waals surface area contributed by atoms with E-state index in [1.54, 1.807) is 0 Å². The molecule has 73 heavy (non-hydrogen) atoms. The molecule has 0 saturated heterocycles. The summed E-state index contributed by atoms with van der Waals surface area (Å²) in [5.74, 6) is 1.12. The third-order valence-electron chi connectivity index (χ3n) is 15.3. The monoisotopic (exact) mass is 971 g/mol. The summed E-state index contributed by atoms with van der Waals surface area (Å²) in [7, 11) is 0. The van der Waals surface area contributed by atoms with Gasteiger partial charge in [-0.15, -0.1) is 11.3 Å². The van der Waals surface area contributed by atoms with E-state index >= 15 is 0 Å². The lowest BCUT2D eigenvalue weighted by Gasteiger charge is -2.47. The number of thiophene rings is 1. The molecule has 2 aromatic heterocycles. The van der Waals surface area contributed by atoms with Crippen LogP contribution in [-0.2, 0) is 21.7 Å². The molecule has 364 valence electrons. The Morgan fingerprint density at radius 2 is 0.836 bits per heavy atom. The molecule has 2 aliphatic rings. The predicted octanol–water partition coefficient (Wildman–Crippen LogP) is 20.4. The number of hydrogen-bond donors (Lipinski definition) is 0. The Morgan fingerprint density at radius 1 is 0.356 bits per heavy atom. The lowest BCUT2D eigenvalue weighted by Crippen LogP contribution is -2.31. The van der Waals surface area contributed by atoms with Crippen LogP contribution in [0.25, 0.3) is 48.2 Å². The molecule has 0 radical (unpaired) electrons. The Morgan fingerprint density at radius 3 is 1.37 bits per heavy atom. The van der Waals surface area contributed by atoms with Crippen LogP contribution in [0.2, 0.25) is 0 Å². The van der Waals surface area contributed by atoms with E-state index in [4.69, 9.17) is 0 Å². The van der Waals surface area contributed by atoms with Gasteiger partial charge in [-0.3, -0.25) is 9.47 Å². The molecular formula is C68H66N4S. The molecule has 2 aliphatic heterocycles. The molecule has 0 aliphatic carbocycles. The fraction of sp³-hybridized carbons (Fsp3) is 0.235. The fourth-order valence-corrected chi connectivity index (χ4v) is 12.6. The molecule has 4 nitrogen and oxygen atoms in total. The maximum Gasteiger partial charge on any atom is 0.148 e. The second-order valence-corrected chi connectivity index (χ2v) is 25.4. The van der Waals surface area contributed by atoms with Crippen LogP contribution in [0.4, 0.5) is 51.3 Å². The average Bonchev–Trinajstić information content (AvgIpc) is 3.93. The molecule has 10 aromatic rings. The van der Waals surface area contributed by atoms with Gasteiger partial charge in [-0.25, -0.2) is 0 Å². The van der Waals surface area contributed by atoms with Crippen molar-refractivity contribution in [2.75, 3.05) is 14.7 Å². The van der Waals surface area contributed by atoms with E-state index in [0.29, 0.717) is 0 Å². The minimum atomic E-state index is -0.103. The van der Waals surface area contributed by atoms with E-state index < -0.39 is 0 Å². The maximum atomic E-state index is 2.64. The van der Waals surface area contributed by atoms with Crippen molar-refractivity contribution < 1.29 is 0 Å². The van der Waals surface area contributed by atoms with Crippen molar-refractivity contribution in [1.82, 2.24) is 4.57 Å². The quantitative estimate of drug-likeness (QED) is 0.171. The molecule has 0 N–H and O–H groups in total. The average molecular weight is 971 g/mol. The number of aromatic nitrogens is 1. The van der Waals surface area contributed by atoms with Crippen molar-refractivity contribution in [3.05, 3.63) is 204 Å². The highest BCUT2D eigenvalue weighted by atomic mass is 32.1. The van der Waals surface area contributed by atoms with E-state index in [9.17, 15) is 0 Å². The van der Waals surface area contributed by atoms with Gasteiger partial charge < -0.3 is 9.80 Å². The van der Waals surface area contributed by atoms with E-state index in [0.717, 1.165) is 51.3 Å². The molecule has 0 atom stereocenters. The molecule has 0 fully saturated rings. The van der Waals surface area contributed by atoms with E-state index in [-0.39, 0.29) is 21.7 Å². The van der Waals surface area contributed by atoms with Gasteiger partial charge >= 0.3 is 0 Å². The maximum absolute atomic E-state index is 2.64. The van der Waals surface area contributed by atoms with Gasteiger partial charge in [-0.2, -0.15) is 0 Å². The Bertz CT molecular complexity index is 3740. The molecule has 0 saturated carbocycles. The van der Waals surface area contributed by atoms with Gasteiger partial charge in [0.25, 0.3) is 0 Å². The van der Waals surface area contributed by atoms with Gasteiger partial charge in [0.2, 0.25) is 0 Å². The van der Waals surface area contributed by atoms with Crippen molar-refractivity contribution in [3.63, 3.8) is 0 Å². The minimum absolute atomic E-state index is 0.00487. The normalized spacial score (nSPS) is 13.7. The summed E-state index contributed by atoms with van der Waals surface area (Å²) < 4.78 is 3.85. The zero-order valence-electron chi connectivity index (χ0n) is 44.5. The van der Waals surface area contributed by atoms with Gasteiger partial charge in [-0.1, -0.05) is 198 Å². The summed E-state index contributed by atoms with van der Waals surface area (Å²) in [6.07, 6.45) is 0. The summed E-state index contributed by atoms with van der Waals surface area (Å²) in [4.78, 5) is 9.02. The van der Waals surface area contributed by atoms with Gasteiger partial charge in [0.05, 0.1) is 39.6 Å². The Balaban J connectivity index is 1.26. The molecule has 5 heteroatoms. The third-order valence-corrected chi connectivity index (χ3v) is 16.5. The summed E-state index contributed by atoms with van der Waals surface area (Å²) in [5, 5.41) is 2.49. The van der Waals surface area contributed by atoms with E-state index in [1.165, 1.54) is 70.5 Å². The first-order chi connectivity index (χ1) is 34.8. The highest BCUT2D eigenvalue weighted by Crippen LogP contribution is 2.67. The van der Waals surface area contributed by atoms with Gasteiger partial charge in [0.15, 0.2) is 0 Å². The first-order valence-corrected chi connectivity index (χ1v) is 26.8. The largest absolute Gasteiger partial charge is 0.306 e. The Kier molecular flexibility index (Phi) is 10.6. The lowest BCUT2D eigenvalue weighted by atomic mass is 9.85. The highest BCUT2D eigenvalue weighted by molar-refractivity contribution is 7.24. The van der Waals surface area contributed by atoms with Gasteiger partial charge in [0.1, 0.15) is 5.82 Å². The van der Waals surface area contributed by atoms with E-state index in [2.05, 4.69) is 284 Å². The number of anilines is 9. The minimum Gasteiger partial charge on any atom is -0.306 e. The topological polar surface area (TPSA) is 14.7 Å². The van der Waals surface area contributed by atoms with Crippen LogP contribution in [-0.4, -0.2) is 4.57 Å². The predicted molar refractivity (Wildman–Crippen MR) is 315 cm³/mol. The highest BCUT2D eigenvalue weighted by Gasteiger charge is 2.44. The summed E-state index contributed by atoms with van der Waals surface area (Å²) in [5.41, 5.74) is 20.3. The Hall–Kier alpha value is -7.34. The first-order valence-electron chi connectivity index (χ1n) is 26.0. The number of rotatable bonds is 5. The van der Waals surface area contributed by atoms with Crippen LogP contribution in [0, 0.1) is 0 Å². The zero-order valence-corrected chi connectivity index (χ0v) is 45.3. The molecule has 12 rings (SSSR count). The van der Waals surface area contributed by atoms with Crippen molar-refractivity contribution >= 4 is 83.6 Å². The van der Waals surface area contributed by atoms with Crippen LogP contribution in [0.15, 0.2) is 182 Å². The molecule has 8 aromatic carbocycles. The fourth-order valence-electron chi connectivity index (χ4n) is 11.2. The van der Waals surface area contributed by atoms with Crippen LogP contribution in [0.1, 0.15) is 105 Å². The lowest BCUT2D eigenvalue weighted by molar-refractivity contribution is 0.590. The molecule has 0 spiro atoms. The van der Waals surface area contributed by atoms with Crippen molar-refractivity contribution in [3.8, 4) is 27.3 Å². The summed E-state index contributed by atoms with van der Waals surface area (Å²) >= 11 is 1.92. The third kappa shape index (κ3) is 7.61. The molecule has 0 bridgehead atoms. The number of hydrogen-bond acceptors (Lipinski definition) is 4. The number of nitrogens with zero attached hydrogens (tertiary/aromatic N) is 4. The van der Waals surface area contributed by atoms with Crippen molar-refractivity contribution in [2.24, 2.45) is 0 Å². The zero-order chi connectivity index (χ0) is 50.9. The van der Waals surface area contributed by atoms with Crippen LogP contribution >= 0.6 is 11.3 Å². The standard InChI is InChI=1S/C68H66N4S/c1-65(2,3)45-26-33-49(34-27-45)69-53-40-32-48(68(10,11)12)42-57(53)72-60-55(69)24-19-25-56(60)70(50-35-28-46(29-36-50)66(4,5)6)61-59-54(71(64(61)72)51-37-30-47(31-38-51)67(7,8)9)41-39-52-58(43-20-15-13-16-21-43)62(73-63(52)59)44-22-17-14-18-23-44/h13-42H,1-12H3. The molecule has 4 heterocycles. The van der Waals surface area contributed by atoms with Crippen LogP contribution in [0.3, 0.4) is 0 Å². The van der Waals surface area contributed by atoms with Crippen molar-refractivity contribution in [1.29, 1.82) is 0 Å². The van der Waals surface area contributed by atoms with Crippen molar-refractivity contribution in [2.45, 2.75) is 105 Å². The number of benzene rings is 8. The Labute approximate surface area is 436 Å². The first kappa shape index (κ1) is 46.7. The SMILES string of the molecule is CC(C)(C)c1ccc(N2c3ccc(C(C)(C)C)cc3N3c4c2cccc4N(c2ccc(C(C)(C)C)cc2)c2c3n(-c3ccc(C(C)(C)C)cc3)c3ccc4c(-c5ccccc5)c(-c5ccccc5)sc4c23)cc1. The molecular weight excluding hydrogens is 905 g/mol.